The highest BCUT2D eigenvalue weighted by atomic mass is 35.5. The van der Waals surface area contributed by atoms with Gasteiger partial charge >= 0.3 is 0 Å². The standard InChI is InChI=1S/C14H15ClFNO/c1-2-14-11(5-6-18-14)13(17)7-9-3-4-10(15)8-12(9)16/h3-6,8,13H,2,7,17H2,1H3. The second-order valence-corrected chi connectivity index (χ2v) is 4.64. The molecule has 0 saturated heterocycles. The minimum atomic E-state index is -0.320. The average molecular weight is 268 g/mol. The molecule has 0 fully saturated rings. The zero-order valence-electron chi connectivity index (χ0n) is 10.1. The fraction of sp³-hybridized carbons (Fsp3) is 0.286. The number of rotatable bonds is 4. The molecule has 1 aromatic carbocycles. The SMILES string of the molecule is CCc1occc1C(N)Cc1ccc(Cl)cc1F. The van der Waals surface area contributed by atoms with Crippen molar-refractivity contribution in [1.29, 1.82) is 0 Å². The van der Waals surface area contributed by atoms with Gasteiger partial charge in [0.1, 0.15) is 11.6 Å². The van der Waals surface area contributed by atoms with Crippen LogP contribution in [0.3, 0.4) is 0 Å². The normalized spacial score (nSPS) is 12.7. The van der Waals surface area contributed by atoms with Gasteiger partial charge in [-0.15, -0.1) is 0 Å². The molecule has 1 heterocycles. The predicted molar refractivity (Wildman–Crippen MR) is 70.1 cm³/mol. The molecule has 0 aliphatic heterocycles. The Balaban J connectivity index is 2.18. The van der Waals surface area contributed by atoms with Gasteiger partial charge in [-0.2, -0.15) is 0 Å². The third kappa shape index (κ3) is 2.74. The molecule has 1 aromatic heterocycles. The summed E-state index contributed by atoms with van der Waals surface area (Å²) < 4.78 is 19.0. The largest absolute Gasteiger partial charge is 0.469 e. The molecule has 0 spiro atoms. The molecular formula is C14H15ClFNO. The summed E-state index contributed by atoms with van der Waals surface area (Å²) in [5.74, 6) is 0.538. The van der Waals surface area contributed by atoms with Crippen LogP contribution in [0.2, 0.25) is 5.02 Å². The third-order valence-corrected chi connectivity index (χ3v) is 3.19. The van der Waals surface area contributed by atoms with Gasteiger partial charge < -0.3 is 10.2 Å². The summed E-state index contributed by atoms with van der Waals surface area (Å²) >= 11 is 5.71. The number of hydrogen-bond acceptors (Lipinski definition) is 2. The number of nitrogens with two attached hydrogens (primary N) is 1. The second kappa shape index (κ2) is 5.55. The zero-order valence-corrected chi connectivity index (χ0v) is 10.9. The molecule has 18 heavy (non-hydrogen) atoms. The van der Waals surface area contributed by atoms with E-state index in [-0.39, 0.29) is 11.9 Å². The molecule has 0 bridgehead atoms. The van der Waals surface area contributed by atoms with Gasteiger partial charge in [0.15, 0.2) is 0 Å². The Morgan fingerprint density at radius 3 is 2.83 bits per heavy atom. The summed E-state index contributed by atoms with van der Waals surface area (Å²) in [6.07, 6.45) is 2.82. The van der Waals surface area contributed by atoms with Crippen molar-refractivity contribution < 1.29 is 8.81 Å². The molecule has 0 amide bonds. The van der Waals surface area contributed by atoms with Crippen LogP contribution in [0.5, 0.6) is 0 Å². The zero-order chi connectivity index (χ0) is 13.1. The first-order valence-corrected chi connectivity index (χ1v) is 6.25. The molecule has 2 aromatic rings. The van der Waals surface area contributed by atoms with Gasteiger partial charge in [0.05, 0.1) is 6.26 Å². The van der Waals surface area contributed by atoms with E-state index in [0.29, 0.717) is 17.0 Å². The molecule has 1 atom stereocenters. The molecule has 2 N–H and O–H groups in total. The van der Waals surface area contributed by atoms with Crippen LogP contribution in [0.15, 0.2) is 34.9 Å². The van der Waals surface area contributed by atoms with Crippen LogP contribution in [-0.2, 0) is 12.8 Å². The molecule has 0 saturated carbocycles. The Bertz CT molecular complexity index is 538. The quantitative estimate of drug-likeness (QED) is 0.913. The lowest BCUT2D eigenvalue weighted by molar-refractivity contribution is 0.504. The molecule has 0 aliphatic rings. The summed E-state index contributed by atoms with van der Waals surface area (Å²) in [5, 5.41) is 0.391. The minimum absolute atomic E-state index is 0.269. The molecule has 0 radical (unpaired) electrons. The van der Waals surface area contributed by atoms with E-state index in [1.165, 1.54) is 6.07 Å². The first-order chi connectivity index (χ1) is 8.61. The third-order valence-electron chi connectivity index (χ3n) is 2.96. The van der Waals surface area contributed by atoms with E-state index in [0.717, 1.165) is 17.7 Å². The van der Waals surface area contributed by atoms with Crippen molar-refractivity contribution >= 4 is 11.6 Å². The van der Waals surface area contributed by atoms with E-state index >= 15 is 0 Å². The van der Waals surface area contributed by atoms with E-state index in [2.05, 4.69) is 0 Å². The highest BCUT2D eigenvalue weighted by molar-refractivity contribution is 6.30. The fourth-order valence-electron chi connectivity index (χ4n) is 2.00. The maximum absolute atomic E-state index is 13.7. The Morgan fingerprint density at radius 1 is 1.39 bits per heavy atom. The molecule has 0 aliphatic carbocycles. The van der Waals surface area contributed by atoms with Crippen LogP contribution in [0.1, 0.15) is 29.9 Å². The van der Waals surface area contributed by atoms with Crippen molar-refractivity contribution in [2.75, 3.05) is 0 Å². The molecule has 1 unspecified atom stereocenters. The number of hydrogen-bond donors (Lipinski definition) is 1. The topological polar surface area (TPSA) is 39.2 Å². The van der Waals surface area contributed by atoms with Crippen molar-refractivity contribution in [2.24, 2.45) is 5.73 Å². The summed E-state index contributed by atoms with van der Waals surface area (Å²) in [6, 6.07) is 6.22. The van der Waals surface area contributed by atoms with Gasteiger partial charge in [0.2, 0.25) is 0 Å². The van der Waals surface area contributed by atoms with E-state index in [1.54, 1.807) is 18.4 Å². The Labute approximate surface area is 111 Å². The van der Waals surface area contributed by atoms with Crippen LogP contribution in [-0.4, -0.2) is 0 Å². The molecule has 4 heteroatoms. The lowest BCUT2D eigenvalue weighted by Crippen LogP contribution is -2.15. The van der Waals surface area contributed by atoms with Crippen molar-refractivity contribution in [1.82, 2.24) is 0 Å². The number of aryl methyl sites for hydroxylation is 1. The minimum Gasteiger partial charge on any atom is -0.469 e. The van der Waals surface area contributed by atoms with Gasteiger partial charge in [0, 0.05) is 23.0 Å². The summed E-state index contributed by atoms with van der Waals surface area (Å²) in [5.41, 5.74) is 7.60. The van der Waals surface area contributed by atoms with E-state index in [4.69, 9.17) is 21.8 Å². The Kier molecular flexibility index (Phi) is 4.04. The smallest absolute Gasteiger partial charge is 0.127 e. The molecule has 2 nitrogen and oxygen atoms in total. The lowest BCUT2D eigenvalue weighted by atomic mass is 9.99. The van der Waals surface area contributed by atoms with Crippen molar-refractivity contribution in [3.05, 3.63) is 58.3 Å². The second-order valence-electron chi connectivity index (χ2n) is 4.20. The van der Waals surface area contributed by atoms with Crippen LogP contribution in [0, 0.1) is 5.82 Å². The summed E-state index contributed by atoms with van der Waals surface area (Å²) in [6.45, 7) is 2.00. The first kappa shape index (κ1) is 13.1. The van der Waals surface area contributed by atoms with Gasteiger partial charge in [-0.05, 0) is 30.2 Å². The van der Waals surface area contributed by atoms with E-state index in [1.807, 2.05) is 13.0 Å². The number of furan rings is 1. The number of halogens is 2. The maximum atomic E-state index is 13.7. The molecule has 2 rings (SSSR count). The monoisotopic (exact) mass is 267 g/mol. The van der Waals surface area contributed by atoms with Crippen molar-refractivity contribution in [3.63, 3.8) is 0 Å². The Morgan fingerprint density at radius 2 is 2.17 bits per heavy atom. The molecular weight excluding hydrogens is 253 g/mol. The highest BCUT2D eigenvalue weighted by Gasteiger charge is 2.15. The van der Waals surface area contributed by atoms with Crippen molar-refractivity contribution in [2.45, 2.75) is 25.8 Å². The van der Waals surface area contributed by atoms with Crippen LogP contribution < -0.4 is 5.73 Å². The average Bonchev–Trinajstić information content (AvgIpc) is 2.81. The molecule has 96 valence electrons. The van der Waals surface area contributed by atoms with E-state index < -0.39 is 0 Å². The van der Waals surface area contributed by atoms with Crippen LogP contribution >= 0.6 is 11.6 Å². The Hall–Kier alpha value is -1.32. The van der Waals surface area contributed by atoms with Crippen LogP contribution in [0.4, 0.5) is 4.39 Å². The summed E-state index contributed by atoms with van der Waals surface area (Å²) in [4.78, 5) is 0. The van der Waals surface area contributed by atoms with Crippen molar-refractivity contribution in [3.8, 4) is 0 Å². The van der Waals surface area contributed by atoms with E-state index in [9.17, 15) is 4.39 Å². The highest BCUT2D eigenvalue weighted by Crippen LogP contribution is 2.24. The lowest BCUT2D eigenvalue weighted by Gasteiger charge is -2.12. The first-order valence-electron chi connectivity index (χ1n) is 5.87. The van der Waals surface area contributed by atoms with Gasteiger partial charge in [-0.3, -0.25) is 0 Å². The van der Waals surface area contributed by atoms with Gasteiger partial charge in [-0.1, -0.05) is 24.6 Å². The number of benzene rings is 1. The van der Waals surface area contributed by atoms with Gasteiger partial charge in [0.25, 0.3) is 0 Å². The fourth-order valence-corrected chi connectivity index (χ4v) is 2.16. The summed E-state index contributed by atoms with van der Waals surface area (Å²) in [7, 11) is 0. The maximum Gasteiger partial charge on any atom is 0.127 e. The van der Waals surface area contributed by atoms with Crippen LogP contribution in [0.25, 0.3) is 0 Å². The van der Waals surface area contributed by atoms with Gasteiger partial charge in [-0.25, -0.2) is 4.39 Å². The predicted octanol–water partition coefficient (Wildman–Crippen LogP) is 3.88.